The number of rotatable bonds is 5. The van der Waals surface area contributed by atoms with Crippen molar-refractivity contribution in [1.82, 2.24) is 5.32 Å². The maximum absolute atomic E-state index is 11.5. The predicted molar refractivity (Wildman–Crippen MR) is 57.1 cm³/mol. The molecular weight excluding hydrogens is 174 g/mol. The summed E-state index contributed by atoms with van der Waals surface area (Å²) in [6.45, 7) is 2.90. The molecule has 0 fully saturated rings. The monoisotopic (exact) mass is 190 g/mol. The summed E-state index contributed by atoms with van der Waals surface area (Å²) in [5, 5.41) is 2.86. The molecule has 1 radical (unpaired) electrons. The van der Waals surface area contributed by atoms with Crippen molar-refractivity contribution in [3.05, 3.63) is 35.9 Å². The second-order valence-corrected chi connectivity index (χ2v) is 3.24. The van der Waals surface area contributed by atoms with E-state index in [1.807, 2.05) is 12.1 Å². The molecule has 1 amide bonds. The molecule has 0 aliphatic rings. The van der Waals surface area contributed by atoms with Crippen LogP contribution in [0.5, 0.6) is 0 Å². The molecule has 1 aromatic carbocycles. The van der Waals surface area contributed by atoms with E-state index in [9.17, 15) is 4.79 Å². The van der Waals surface area contributed by atoms with Gasteiger partial charge in [-0.15, -0.1) is 0 Å². The largest absolute Gasteiger partial charge is 0.352 e. The first-order valence-electron chi connectivity index (χ1n) is 5.09. The van der Waals surface area contributed by atoms with E-state index >= 15 is 0 Å². The van der Waals surface area contributed by atoms with Crippen LogP contribution in [0, 0.1) is 6.07 Å². The zero-order valence-corrected chi connectivity index (χ0v) is 8.55. The van der Waals surface area contributed by atoms with Gasteiger partial charge in [-0.1, -0.05) is 38.0 Å². The lowest BCUT2D eigenvalue weighted by Gasteiger charge is -2.03. The highest BCUT2D eigenvalue weighted by Crippen LogP contribution is 1.97. The summed E-state index contributed by atoms with van der Waals surface area (Å²) >= 11 is 0. The number of amides is 1. The van der Waals surface area contributed by atoms with Crippen molar-refractivity contribution in [2.45, 2.75) is 26.2 Å². The van der Waals surface area contributed by atoms with E-state index in [0.29, 0.717) is 5.56 Å². The molecule has 0 aliphatic carbocycles. The Morgan fingerprint density at radius 3 is 2.93 bits per heavy atom. The number of benzene rings is 1. The molecule has 0 saturated carbocycles. The fraction of sp³-hybridized carbons (Fsp3) is 0.417. The first-order chi connectivity index (χ1) is 6.84. The SMILES string of the molecule is CCCCCNC(=O)c1[c]cccc1. The second-order valence-electron chi connectivity index (χ2n) is 3.24. The van der Waals surface area contributed by atoms with Crippen LogP contribution in [0.2, 0.25) is 0 Å². The van der Waals surface area contributed by atoms with Crippen LogP contribution in [0.4, 0.5) is 0 Å². The molecule has 0 aliphatic heterocycles. The van der Waals surface area contributed by atoms with E-state index in [1.165, 1.54) is 12.8 Å². The van der Waals surface area contributed by atoms with Gasteiger partial charge >= 0.3 is 0 Å². The molecule has 0 saturated heterocycles. The van der Waals surface area contributed by atoms with Crippen molar-refractivity contribution in [1.29, 1.82) is 0 Å². The minimum absolute atomic E-state index is 0.0262. The number of hydrogen-bond donors (Lipinski definition) is 1. The van der Waals surface area contributed by atoms with Crippen LogP contribution in [0.3, 0.4) is 0 Å². The summed E-state index contributed by atoms with van der Waals surface area (Å²) < 4.78 is 0. The fourth-order valence-electron chi connectivity index (χ4n) is 1.21. The van der Waals surface area contributed by atoms with Crippen LogP contribution in [-0.2, 0) is 0 Å². The third-order valence-electron chi connectivity index (χ3n) is 2.02. The Labute approximate surface area is 85.3 Å². The van der Waals surface area contributed by atoms with E-state index < -0.39 is 0 Å². The van der Waals surface area contributed by atoms with Crippen LogP contribution in [0.1, 0.15) is 36.5 Å². The zero-order valence-electron chi connectivity index (χ0n) is 8.55. The molecule has 2 nitrogen and oxygen atoms in total. The molecule has 0 unspecified atom stereocenters. The Morgan fingerprint density at radius 2 is 2.29 bits per heavy atom. The first-order valence-corrected chi connectivity index (χ1v) is 5.09. The number of unbranched alkanes of at least 4 members (excludes halogenated alkanes) is 2. The molecular formula is C12H16NO. The number of carbonyl (C=O) groups excluding carboxylic acids is 1. The molecule has 0 bridgehead atoms. The second kappa shape index (κ2) is 6.19. The van der Waals surface area contributed by atoms with E-state index in [1.54, 1.807) is 12.1 Å². The van der Waals surface area contributed by atoms with Gasteiger partial charge in [-0.3, -0.25) is 4.79 Å². The highest BCUT2D eigenvalue weighted by molar-refractivity contribution is 5.93. The van der Waals surface area contributed by atoms with Crippen molar-refractivity contribution in [3.8, 4) is 0 Å². The maximum Gasteiger partial charge on any atom is 0.251 e. The normalized spacial score (nSPS) is 9.79. The predicted octanol–water partition coefficient (Wildman–Crippen LogP) is 2.41. The lowest BCUT2D eigenvalue weighted by atomic mass is 10.2. The Bertz CT molecular complexity index is 269. The molecule has 0 aromatic heterocycles. The lowest BCUT2D eigenvalue weighted by molar-refractivity contribution is 0.0952. The molecule has 1 rings (SSSR count). The first kappa shape index (κ1) is 10.8. The minimum atomic E-state index is -0.0262. The van der Waals surface area contributed by atoms with Crippen molar-refractivity contribution in [2.75, 3.05) is 6.54 Å². The molecule has 75 valence electrons. The van der Waals surface area contributed by atoms with Gasteiger partial charge < -0.3 is 5.32 Å². The number of hydrogen-bond acceptors (Lipinski definition) is 1. The summed E-state index contributed by atoms with van der Waals surface area (Å²) in [7, 11) is 0. The molecule has 0 spiro atoms. The van der Waals surface area contributed by atoms with Gasteiger partial charge in [0.05, 0.1) is 0 Å². The average molecular weight is 190 g/mol. The molecule has 0 heterocycles. The summed E-state index contributed by atoms with van der Waals surface area (Å²) in [5.41, 5.74) is 0.615. The van der Waals surface area contributed by atoms with Crippen molar-refractivity contribution >= 4 is 5.91 Å². The molecule has 2 heteroatoms. The topological polar surface area (TPSA) is 29.1 Å². The third-order valence-corrected chi connectivity index (χ3v) is 2.02. The Morgan fingerprint density at radius 1 is 1.43 bits per heavy atom. The van der Waals surface area contributed by atoms with Gasteiger partial charge in [0.25, 0.3) is 5.91 Å². The van der Waals surface area contributed by atoms with Gasteiger partial charge in [-0.25, -0.2) is 0 Å². The maximum atomic E-state index is 11.5. The highest BCUT2D eigenvalue weighted by atomic mass is 16.1. The molecule has 14 heavy (non-hydrogen) atoms. The third kappa shape index (κ3) is 3.60. The van der Waals surface area contributed by atoms with Gasteiger partial charge in [0.15, 0.2) is 0 Å². The van der Waals surface area contributed by atoms with Gasteiger partial charge in [-0.05, 0) is 18.6 Å². The number of nitrogens with one attached hydrogen (secondary N) is 1. The molecule has 0 atom stereocenters. The zero-order chi connectivity index (χ0) is 10.2. The summed E-state index contributed by atoms with van der Waals surface area (Å²) in [6.07, 6.45) is 3.39. The smallest absolute Gasteiger partial charge is 0.251 e. The standard InChI is InChI=1S/C12H16NO/c1-2-3-7-10-13-12(14)11-8-5-4-6-9-11/h4-6,8H,2-3,7,10H2,1H3,(H,13,14). The fourth-order valence-corrected chi connectivity index (χ4v) is 1.21. The van der Waals surface area contributed by atoms with Gasteiger partial charge in [-0.2, -0.15) is 0 Å². The van der Waals surface area contributed by atoms with Gasteiger partial charge in [0, 0.05) is 12.1 Å². The van der Waals surface area contributed by atoms with E-state index in [2.05, 4.69) is 18.3 Å². The van der Waals surface area contributed by atoms with E-state index in [4.69, 9.17) is 0 Å². The van der Waals surface area contributed by atoms with Crippen LogP contribution >= 0.6 is 0 Å². The summed E-state index contributed by atoms with van der Waals surface area (Å²) in [4.78, 5) is 11.5. The lowest BCUT2D eigenvalue weighted by Crippen LogP contribution is -2.24. The van der Waals surface area contributed by atoms with Gasteiger partial charge in [0.1, 0.15) is 0 Å². The highest BCUT2D eigenvalue weighted by Gasteiger charge is 2.02. The van der Waals surface area contributed by atoms with Crippen LogP contribution in [-0.4, -0.2) is 12.5 Å². The summed E-state index contributed by atoms with van der Waals surface area (Å²) in [6, 6.07) is 10.1. The Hall–Kier alpha value is -1.31. The van der Waals surface area contributed by atoms with Crippen LogP contribution in [0.25, 0.3) is 0 Å². The van der Waals surface area contributed by atoms with Crippen LogP contribution in [0.15, 0.2) is 24.3 Å². The quantitative estimate of drug-likeness (QED) is 0.710. The molecule has 1 aromatic rings. The van der Waals surface area contributed by atoms with E-state index in [-0.39, 0.29) is 5.91 Å². The Balaban J connectivity index is 2.29. The summed E-state index contributed by atoms with van der Waals surface area (Å²) in [5.74, 6) is -0.0262. The average Bonchev–Trinajstić information content (AvgIpc) is 2.25. The van der Waals surface area contributed by atoms with Crippen molar-refractivity contribution in [2.24, 2.45) is 0 Å². The van der Waals surface area contributed by atoms with Crippen molar-refractivity contribution in [3.63, 3.8) is 0 Å². The van der Waals surface area contributed by atoms with Crippen LogP contribution < -0.4 is 5.32 Å². The van der Waals surface area contributed by atoms with Crippen molar-refractivity contribution < 1.29 is 4.79 Å². The van der Waals surface area contributed by atoms with E-state index in [0.717, 1.165) is 13.0 Å². The van der Waals surface area contributed by atoms with Gasteiger partial charge in [0.2, 0.25) is 0 Å². The number of carbonyl (C=O) groups is 1. The minimum Gasteiger partial charge on any atom is -0.352 e. The Kier molecular flexibility index (Phi) is 4.76. The molecule has 1 N–H and O–H groups in total.